The van der Waals surface area contributed by atoms with E-state index in [0.717, 1.165) is 12.1 Å². The summed E-state index contributed by atoms with van der Waals surface area (Å²) in [5.74, 6) is -1.28. The lowest BCUT2D eigenvalue weighted by Crippen LogP contribution is -2.16. The lowest BCUT2D eigenvalue weighted by Gasteiger charge is -2.12. The fourth-order valence-electron chi connectivity index (χ4n) is 2.94. The van der Waals surface area contributed by atoms with Gasteiger partial charge in [-0.15, -0.1) is 0 Å². The first-order valence-corrected chi connectivity index (χ1v) is 9.58. The fourth-order valence-corrected chi connectivity index (χ4v) is 3.43. The molecule has 1 heterocycles. The molecule has 0 fully saturated rings. The molecule has 0 saturated carbocycles. The molecule has 0 unspecified atom stereocenters. The third-order valence-electron chi connectivity index (χ3n) is 4.44. The van der Waals surface area contributed by atoms with Crippen molar-refractivity contribution in [1.82, 2.24) is 0 Å². The van der Waals surface area contributed by atoms with E-state index in [1.807, 2.05) is 0 Å². The highest BCUT2D eigenvalue weighted by molar-refractivity contribution is 6.36. The molecule has 1 aromatic heterocycles. The van der Waals surface area contributed by atoms with Gasteiger partial charge in [-0.2, -0.15) is 0 Å². The van der Waals surface area contributed by atoms with E-state index < -0.39 is 16.3 Å². The number of fused-ring (bicyclic) bond motifs is 1. The van der Waals surface area contributed by atoms with Gasteiger partial charge in [-0.05, 0) is 42.5 Å². The standard InChI is InChI=1S/C22H11Cl2NO6/c23-13-7-10-15(17(24)11-13)20-21(19(26)16-3-1-2-4-18(16)30-20)31-22(27)12-5-8-14(9-6-12)25(28)29/h1-11H. The number of carbonyl (C=O) groups is 1. The molecule has 3 aromatic carbocycles. The number of nitro benzene ring substituents is 1. The predicted molar refractivity (Wildman–Crippen MR) is 116 cm³/mol. The number of nitro groups is 1. The van der Waals surface area contributed by atoms with E-state index in [4.69, 9.17) is 32.4 Å². The minimum absolute atomic E-state index is 0.0197. The van der Waals surface area contributed by atoms with Crippen molar-refractivity contribution in [2.75, 3.05) is 0 Å². The topological polar surface area (TPSA) is 99.7 Å². The van der Waals surface area contributed by atoms with Gasteiger partial charge in [-0.3, -0.25) is 14.9 Å². The molecule has 4 aromatic rings. The first-order valence-electron chi connectivity index (χ1n) is 8.83. The smallest absolute Gasteiger partial charge is 0.343 e. The summed E-state index contributed by atoms with van der Waals surface area (Å²) in [6, 6.07) is 15.8. The van der Waals surface area contributed by atoms with Gasteiger partial charge in [0, 0.05) is 22.7 Å². The molecule has 0 N–H and O–H groups in total. The van der Waals surface area contributed by atoms with Crippen LogP contribution in [0.5, 0.6) is 5.75 Å². The average molecular weight is 456 g/mol. The van der Waals surface area contributed by atoms with Gasteiger partial charge in [-0.1, -0.05) is 35.3 Å². The number of carbonyl (C=O) groups excluding carboxylic acids is 1. The molecular formula is C22H11Cl2NO6. The van der Waals surface area contributed by atoms with Gasteiger partial charge < -0.3 is 9.15 Å². The van der Waals surface area contributed by atoms with E-state index in [1.54, 1.807) is 30.3 Å². The molecule has 154 valence electrons. The zero-order chi connectivity index (χ0) is 22.1. The third kappa shape index (κ3) is 4.01. The van der Waals surface area contributed by atoms with Crippen molar-refractivity contribution in [2.45, 2.75) is 0 Å². The molecule has 0 radical (unpaired) electrons. The van der Waals surface area contributed by atoms with E-state index in [0.29, 0.717) is 10.6 Å². The number of hydrogen-bond acceptors (Lipinski definition) is 6. The van der Waals surface area contributed by atoms with Crippen molar-refractivity contribution in [2.24, 2.45) is 0 Å². The zero-order valence-corrected chi connectivity index (χ0v) is 17.0. The van der Waals surface area contributed by atoms with E-state index in [9.17, 15) is 19.7 Å². The maximum absolute atomic E-state index is 13.1. The highest BCUT2D eigenvalue weighted by Crippen LogP contribution is 2.36. The van der Waals surface area contributed by atoms with Crippen LogP contribution in [0.15, 0.2) is 75.9 Å². The summed E-state index contributed by atoms with van der Waals surface area (Å²) in [5, 5.41) is 11.6. The van der Waals surface area contributed by atoms with Gasteiger partial charge in [-0.25, -0.2) is 4.79 Å². The van der Waals surface area contributed by atoms with Crippen LogP contribution in [-0.2, 0) is 0 Å². The maximum Gasteiger partial charge on any atom is 0.343 e. The Labute approximate surface area is 184 Å². The Morgan fingerprint density at radius 2 is 1.71 bits per heavy atom. The summed E-state index contributed by atoms with van der Waals surface area (Å²) in [4.78, 5) is 36.0. The number of ether oxygens (including phenoxy) is 1. The van der Waals surface area contributed by atoms with Crippen LogP contribution >= 0.6 is 23.2 Å². The van der Waals surface area contributed by atoms with Crippen LogP contribution in [-0.4, -0.2) is 10.9 Å². The number of nitrogens with zero attached hydrogens (tertiary/aromatic N) is 1. The van der Waals surface area contributed by atoms with Crippen LogP contribution in [0, 0.1) is 10.1 Å². The Hall–Kier alpha value is -3.68. The first kappa shape index (κ1) is 20.6. The number of para-hydroxylation sites is 1. The molecule has 0 bridgehead atoms. The molecule has 7 nitrogen and oxygen atoms in total. The average Bonchev–Trinajstić information content (AvgIpc) is 2.76. The second-order valence-electron chi connectivity index (χ2n) is 6.40. The number of esters is 1. The van der Waals surface area contributed by atoms with Gasteiger partial charge in [0.25, 0.3) is 5.69 Å². The molecule has 0 spiro atoms. The van der Waals surface area contributed by atoms with Crippen molar-refractivity contribution >= 4 is 45.8 Å². The van der Waals surface area contributed by atoms with Gasteiger partial charge in [0.15, 0.2) is 5.76 Å². The van der Waals surface area contributed by atoms with Crippen LogP contribution in [0.4, 0.5) is 5.69 Å². The van der Waals surface area contributed by atoms with Crippen molar-refractivity contribution in [3.63, 3.8) is 0 Å². The molecule has 0 aliphatic heterocycles. The van der Waals surface area contributed by atoms with Crippen LogP contribution in [0.2, 0.25) is 10.0 Å². The minimum atomic E-state index is -0.885. The number of hydrogen-bond donors (Lipinski definition) is 0. The highest BCUT2D eigenvalue weighted by atomic mass is 35.5. The number of benzene rings is 3. The van der Waals surface area contributed by atoms with Crippen LogP contribution in [0.1, 0.15) is 10.4 Å². The number of halogens is 2. The van der Waals surface area contributed by atoms with Gasteiger partial charge in [0.2, 0.25) is 11.2 Å². The highest BCUT2D eigenvalue weighted by Gasteiger charge is 2.23. The summed E-state index contributed by atoms with van der Waals surface area (Å²) in [6.45, 7) is 0. The van der Waals surface area contributed by atoms with E-state index >= 15 is 0 Å². The minimum Gasteiger partial charge on any atom is -0.452 e. The second-order valence-corrected chi connectivity index (χ2v) is 7.25. The summed E-state index contributed by atoms with van der Waals surface area (Å²) in [6.07, 6.45) is 0. The second kappa shape index (κ2) is 8.22. The van der Waals surface area contributed by atoms with E-state index in [2.05, 4.69) is 0 Å². The van der Waals surface area contributed by atoms with E-state index in [1.165, 1.54) is 24.3 Å². The monoisotopic (exact) mass is 455 g/mol. The zero-order valence-electron chi connectivity index (χ0n) is 15.5. The Balaban J connectivity index is 1.85. The lowest BCUT2D eigenvalue weighted by molar-refractivity contribution is -0.384. The summed E-state index contributed by atoms with van der Waals surface area (Å²) < 4.78 is 11.3. The molecule has 9 heteroatoms. The van der Waals surface area contributed by atoms with Gasteiger partial charge in [0.05, 0.1) is 20.9 Å². The summed E-state index contributed by atoms with van der Waals surface area (Å²) in [5.41, 5.74) is -0.149. The molecule has 0 aliphatic carbocycles. The van der Waals surface area contributed by atoms with E-state index in [-0.39, 0.29) is 38.8 Å². The Morgan fingerprint density at radius 1 is 1.00 bits per heavy atom. The van der Waals surface area contributed by atoms with Crippen molar-refractivity contribution < 1.29 is 18.9 Å². The number of non-ortho nitro benzene ring substituents is 1. The Kier molecular flexibility index (Phi) is 5.46. The summed E-state index contributed by atoms with van der Waals surface area (Å²) >= 11 is 12.2. The number of rotatable bonds is 4. The molecule has 0 aliphatic rings. The largest absolute Gasteiger partial charge is 0.452 e. The molecule has 31 heavy (non-hydrogen) atoms. The van der Waals surface area contributed by atoms with Crippen molar-refractivity contribution in [1.29, 1.82) is 0 Å². The van der Waals surface area contributed by atoms with Crippen LogP contribution in [0.25, 0.3) is 22.3 Å². The predicted octanol–water partition coefficient (Wildman–Crippen LogP) is 5.89. The first-order chi connectivity index (χ1) is 14.8. The quantitative estimate of drug-likeness (QED) is 0.216. The third-order valence-corrected chi connectivity index (χ3v) is 4.99. The fraction of sp³-hybridized carbons (Fsp3) is 0. The van der Waals surface area contributed by atoms with Crippen LogP contribution < -0.4 is 10.2 Å². The summed E-state index contributed by atoms with van der Waals surface area (Å²) in [7, 11) is 0. The van der Waals surface area contributed by atoms with Crippen molar-refractivity contribution in [3.05, 3.63) is 103 Å². The maximum atomic E-state index is 13.1. The van der Waals surface area contributed by atoms with Gasteiger partial charge >= 0.3 is 5.97 Å². The Bertz CT molecular complexity index is 1400. The molecule has 4 rings (SSSR count). The molecule has 0 atom stereocenters. The molecule has 0 saturated heterocycles. The van der Waals surface area contributed by atoms with Crippen molar-refractivity contribution in [3.8, 4) is 17.1 Å². The van der Waals surface area contributed by atoms with Gasteiger partial charge in [0.1, 0.15) is 5.58 Å². The Morgan fingerprint density at radius 3 is 2.39 bits per heavy atom. The van der Waals surface area contributed by atoms with Crippen LogP contribution in [0.3, 0.4) is 0 Å². The SMILES string of the molecule is O=C(Oc1c(-c2ccc(Cl)cc2Cl)oc2ccccc2c1=O)c1ccc([N+](=O)[O-])cc1. The molecule has 0 amide bonds. The normalized spacial score (nSPS) is 10.8. The molecular weight excluding hydrogens is 445 g/mol. The lowest BCUT2D eigenvalue weighted by atomic mass is 10.1.